The smallest absolute Gasteiger partial charge is 0.125 e. The number of hydrogen-bond donors (Lipinski definition) is 1. The molecular formula is C15H19NO2. The third-order valence-corrected chi connectivity index (χ3v) is 2.94. The highest BCUT2D eigenvalue weighted by atomic mass is 16.5. The van der Waals surface area contributed by atoms with Crippen molar-refractivity contribution in [3.05, 3.63) is 53.5 Å². The van der Waals surface area contributed by atoms with Crippen LogP contribution in [0, 0.1) is 6.92 Å². The highest BCUT2D eigenvalue weighted by Crippen LogP contribution is 2.30. The van der Waals surface area contributed by atoms with E-state index >= 15 is 0 Å². The lowest BCUT2D eigenvalue weighted by Crippen LogP contribution is -2.22. The summed E-state index contributed by atoms with van der Waals surface area (Å²) in [7, 11) is 1.70. The van der Waals surface area contributed by atoms with Crippen LogP contribution in [0.1, 0.15) is 29.9 Å². The summed E-state index contributed by atoms with van der Waals surface area (Å²) >= 11 is 0. The van der Waals surface area contributed by atoms with Crippen LogP contribution < -0.4 is 10.1 Å². The average molecular weight is 245 g/mol. The van der Waals surface area contributed by atoms with Crippen LogP contribution in [0.25, 0.3) is 0 Å². The van der Waals surface area contributed by atoms with Gasteiger partial charge in [0.25, 0.3) is 0 Å². The van der Waals surface area contributed by atoms with Crippen molar-refractivity contribution in [1.82, 2.24) is 5.32 Å². The van der Waals surface area contributed by atoms with Gasteiger partial charge in [-0.2, -0.15) is 0 Å². The maximum Gasteiger partial charge on any atom is 0.125 e. The van der Waals surface area contributed by atoms with Crippen molar-refractivity contribution >= 4 is 0 Å². The van der Waals surface area contributed by atoms with Gasteiger partial charge in [0.15, 0.2) is 0 Å². The van der Waals surface area contributed by atoms with E-state index in [-0.39, 0.29) is 6.04 Å². The quantitative estimate of drug-likeness (QED) is 0.877. The van der Waals surface area contributed by atoms with E-state index < -0.39 is 0 Å². The summed E-state index contributed by atoms with van der Waals surface area (Å²) < 4.78 is 11.0. The van der Waals surface area contributed by atoms with Crippen LogP contribution in [-0.4, -0.2) is 13.7 Å². The van der Waals surface area contributed by atoms with Gasteiger partial charge >= 0.3 is 0 Å². The topological polar surface area (TPSA) is 34.4 Å². The van der Waals surface area contributed by atoms with Crippen LogP contribution in [0.5, 0.6) is 5.75 Å². The standard InChI is InChI=1S/C15H19NO2/c1-4-16-15(13-6-5-9-18-13)12-8-7-11(2)10-14(12)17-3/h5-10,15-16H,4H2,1-3H3. The Hall–Kier alpha value is -1.74. The number of aryl methyl sites for hydroxylation is 1. The van der Waals surface area contributed by atoms with E-state index in [4.69, 9.17) is 9.15 Å². The molecular weight excluding hydrogens is 226 g/mol. The molecule has 2 aromatic rings. The summed E-state index contributed by atoms with van der Waals surface area (Å²) in [6.45, 7) is 5.00. The molecule has 1 atom stereocenters. The minimum atomic E-state index is 0.0283. The SMILES string of the molecule is CCNC(c1ccco1)c1ccc(C)cc1OC. The first kappa shape index (κ1) is 12.7. The maximum atomic E-state index is 5.51. The van der Waals surface area contributed by atoms with Crippen molar-refractivity contribution in [2.45, 2.75) is 19.9 Å². The van der Waals surface area contributed by atoms with E-state index in [2.05, 4.69) is 31.3 Å². The number of ether oxygens (including phenoxy) is 1. The number of benzene rings is 1. The fraction of sp³-hybridized carbons (Fsp3) is 0.333. The fourth-order valence-corrected chi connectivity index (χ4v) is 2.08. The number of methoxy groups -OCH3 is 1. The van der Waals surface area contributed by atoms with Gasteiger partial charge in [-0.05, 0) is 37.2 Å². The zero-order chi connectivity index (χ0) is 13.0. The van der Waals surface area contributed by atoms with Gasteiger partial charge in [-0.15, -0.1) is 0 Å². The molecule has 0 aliphatic carbocycles. The molecule has 0 aliphatic rings. The molecule has 1 N–H and O–H groups in total. The number of nitrogens with one attached hydrogen (secondary N) is 1. The van der Waals surface area contributed by atoms with Gasteiger partial charge in [0.05, 0.1) is 19.4 Å². The number of furan rings is 1. The van der Waals surface area contributed by atoms with Crippen molar-refractivity contribution in [3.63, 3.8) is 0 Å². The van der Waals surface area contributed by atoms with Crippen LogP contribution in [0.15, 0.2) is 41.0 Å². The second kappa shape index (κ2) is 5.74. The molecule has 1 unspecified atom stereocenters. The minimum Gasteiger partial charge on any atom is -0.496 e. The maximum absolute atomic E-state index is 5.51. The molecule has 0 spiro atoms. The van der Waals surface area contributed by atoms with Gasteiger partial charge in [-0.25, -0.2) is 0 Å². The van der Waals surface area contributed by atoms with Crippen molar-refractivity contribution in [2.75, 3.05) is 13.7 Å². The second-order valence-corrected chi connectivity index (χ2v) is 4.25. The van der Waals surface area contributed by atoms with E-state index in [1.165, 1.54) is 5.56 Å². The molecule has 0 bridgehead atoms. The minimum absolute atomic E-state index is 0.0283. The van der Waals surface area contributed by atoms with Crippen LogP contribution in [0.3, 0.4) is 0 Å². The molecule has 0 saturated heterocycles. The molecule has 0 amide bonds. The molecule has 1 aromatic carbocycles. The van der Waals surface area contributed by atoms with E-state index in [9.17, 15) is 0 Å². The molecule has 0 aliphatic heterocycles. The molecule has 18 heavy (non-hydrogen) atoms. The summed E-state index contributed by atoms with van der Waals surface area (Å²) in [5.41, 5.74) is 2.28. The van der Waals surface area contributed by atoms with E-state index in [0.717, 1.165) is 23.6 Å². The number of rotatable bonds is 5. The fourth-order valence-electron chi connectivity index (χ4n) is 2.08. The first-order valence-electron chi connectivity index (χ1n) is 6.17. The molecule has 1 heterocycles. The third kappa shape index (κ3) is 2.57. The van der Waals surface area contributed by atoms with Gasteiger partial charge < -0.3 is 14.5 Å². The van der Waals surface area contributed by atoms with Gasteiger partial charge in [0.1, 0.15) is 11.5 Å². The first-order valence-corrected chi connectivity index (χ1v) is 6.17. The van der Waals surface area contributed by atoms with Gasteiger partial charge in [-0.1, -0.05) is 19.1 Å². The Bertz CT molecular complexity index is 491. The van der Waals surface area contributed by atoms with Gasteiger partial charge in [-0.3, -0.25) is 0 Å². The molecule has 3 nitrogen and oxygen atoms in total. The highest BCUT2D eigenvalue weighted by Gasteiger charge is 2.19. The second-order valence-electron chi connectivity index (χ2n) is 4.25. The average Bonchev–Trinajstić information content (AvgIpc) is 2.90. The zero-order valence-electron chi connectivity index (χ0n) is 11.1. The Labute approximate surface area is 108 Å². The molecule has 3 heteroatoms. The van der Waals surface area contributed by atoms with Crippen molar-refractivity contribution in [1.29, 1.82) is 0 Å². The highest BCUT2D eigenvalue weighted by molar-refractivity contribution is 5.42. The molecule has 2 rings (SSSR count). The lowest BCUT2D eigenvalue weighted by Gasteiger charge is -2.19. The normalized spacial score (nSPS) is 12.4. The van der Waals surface area contributed by atoms with Crippen LogP contribution in [0.4, 0.5) is 0 Å². The van der Waals surface area contributed by atoms with Crippen LogP contribution in [-0.2, 0) is 0 Å². The summed E-state index contributed by atoms with van der Waals surface area (Å²) in [5.74, 6) is 1.79. The van der Waals surface area contributed by atoms with E-state index in [1.54, 1.807) is 13.4 Å². The lowest BCUT2D eigenvalue weighted by molar-refractivity contribution is 0.393. The Morgan fingerprint density at radius 2 is 2.17 bits per heavy atom. The predicted molar refractivity (Wildman–Crippen MR) is 72.0 cm³/mol. The summed E-state index contributed by atoms with van der Waals surface area (Å²) in [5, 5.41) is 3.42. The molecule has 1 aromatic heterocycles. The third-order valence-electron chi connectivity index (χ3n) is 2.94. The van der Waals surface area contributed by atoms with Crippen molar-refractivity contribution < 1.29 is 9.15 Å². The zero-order valence-corrected chi connectivity index (χ0v) is 11.1. The Morgan fingerprint density at radius 3 is 2.78 bits per heavy atom. The predicted octanol–water partition coefficient (Wildman–Crippen LogP) is 3.30. The monoisotopic (exact) mass is 245 g/mol. The Balaban J connectivity index is 2.42. The first-order chi connectivity index (χ1) is 8.76. The van der Waals surface area contributed by atoms with Crippen LogP contribution in [0.2, 0.25) is 0 Å². The molecule has 0 radical (unpaired) electrons. The van der Waals surface area contributed by atoms with E-state index in [0.29, 0.717) is 0 Å². The largest absolute Gasteiger partial charge is 0.496 e. The summed E-state index contributed by atoms with van der Waals surface area (Å²) in [6, 6.07) is 10.1. The van der Waals surface area contributed by atoms with Crippen LogP contribution >= 0.6 is 0 Å². The van der Waals surface area contributed by atoms with Crippen molar-refractivity contribution in [2.24, 2.45) is 0 Å². The Kier molecular flexibility index (Phi) is 4.05. The summed E-state index contributed by atoms with van der Waals surface area (Å²) in [6.07, 6.45) is 1.69. The van der Waals surface area contributed by atoms with E-state index in [1.807, 2.05) is 18.2 Å². The lowest BCUT2D eigenvalue weighted by atomic mass is 10.0. The molecule has 0 saturated carbocycles. The molecule has 0 fully saturated rings. The van der Waals surface area contributed by atoms with Crippen molar-refractivity contribution in [3.8, 4) is 5.75 Å². The molecule has 96 valence electrons. The van der Waals surface area contributed by atoms with Gasteiger partial charge in [0, 0.05) is 5.56 Å². The summed E-state index contributed by atoms with van der Waals surface area (Å²) in [4.78, 5) is 0. The Morgan fingerprint density at radius 1 is 1.33 bits per heavy atom. The van der Waals surface area contributed by atoms with Gasteiger partial charge in [0.2, 0.25) is 0 Å². The number of hydrogen-bond acceptors (Lipinski definition) is 3.